The van der Waals surface area contributed by atoms with Crippen LogP contribution in [0.15, 0.2) is 48.5 Å². The van der Waals surface area contributed by atoms with Crippen molar-refractivity contribution < 1.29 is 22.7 Å². The summed E-state index contributed by atoms with van der Waals surface area (Å²) in [5, 5.41) is 2.55. The van der Waals surface area contributed by atoms with E-state index in [4.69, 9.17) is 16.3 Å². The number of halogens is 5. The van der Waals surface area contributed by atoms with Crippen LogP contribution >= 0.6 is 27.5 Å². The lowest BCUT2D eigenvalue weighted by atomic mass is 9.92. The van der Waals surface area contributed by atoms with E-state index in [9.17, 15) is 18.0 Å². The molecular weight excluding hydrogens is 533 g/mol. The summed E-state index contributed by atoms with van der Waals surface area (Å²) in [5.41, 5.74) is 1.68. The van der Waals surface area contributed by atoms with Crippen LogP contribution in [0.2, 0.25) is 5.02 Å². The Hall–Kier alpha value is -2.71. The topological polar surface area (TPSA) is 45.3 Å². The van der Waals surface area contributed by atoms with Gasteiger partial charge in [0.05, 0.1) is 5.56 Å². The smallest absolute Gasteiger partial charge is 0.410 e. The van der Waals surface area contributed by atoms with Crippen LogP contribution in [0.3, 0.4) is 0 Å². The van der Waals surface area contributed by atoms with Crippen LogP contribution in [0.25, 0.3) is 12.2 Å². The lowest BCUT2D eigenvalue weighted by Crippen LogP contribution is -2.43. The predicted octanol–water partition coefficient (Wildman–Crippen LogP) is 5.56. The van der Waals surface area contributed by atoms with Gasteiger partial charge in [-0.3, -0.25) is 4.90 Å². The number of nitrogens with one attached hydrogen (secondary N) is 1. The minimum absolute atomic E-state index is 0.206. The zero-order chi connectivity index (χ0) is 24.0. The normalized spacial score (nSPS) is 19.5. The molecule has 34 heavy (non-hydrogen) atoms. The van der Waals surface area contributed by atoms with Gasteiger partial charge in [-0.25, -0.2) is 4.79 Å². The highest BCUT2D eigenvalue weighted by molar-refractivity contribution is 9.09. The lowest BCUT2D eigenvalue weighted by Gasteiger charge is -2.35. The molecule has 0 radical (unpaired) electrons. The molecule has 0 spiro atoms. The molecule has 4 nitrogen and oxygen atoms in total. The average Bonchev–Trinajstić information content (AvgIpc) is 3.17. The van der Waals surface area contributed by atoms with Crippen molar-refractivity contribution in [1.82, 2.24) is 9.88 Å². The number of ether oxygens (including phenoxy) is 1. The third kappa shape index (κ3) is 4.36. The molecule has 0 bridgehead atoms. The molecule has 2 heterocycles. The fourth-order valence-electron chi connectivity index (χ4n) is 4.51. The standard InChI is InChI=1S/C25H19BrClF3N2O2/c26-16-5-10-21-20(13-16)19-11-12-32(24(33)34-18-8-6-17(27)7-9-18)23(22(19)31-21)14-1-3-15(4-2-14)25(28,29)30/h1-4,6-10,13,16,23,31H,5,11-12H2. The zero-order valence-electron chi connectivity index (χ0n) is 17.7. The molecule has 2 unspecified atom stereocenters. The first-order valence-corrected chi connectivity index (χ1v) is 12.0. The first-order valence-electron chi connectivity index (χ1n) is 10.7. The Labute approximate surface area is 206 Å². The van der Waals surface area contributed by atoms with Crippen LogP contribution < -0.4 is 15.3 Å². The maximum atomic E-state index is 13.2. The van der Waals surface area contributed by atoms with Crippen LogP contribution in [0, 0.1) is 0 Å². The first kappa shape index (κ1) is 23.1. The molecule has 1 aliphatic heterocycles. The van der Waals surface area contributed by atoms with Gasteiger partial charge in [-0.15, -0.1) is 0 Å². The van der Waals surface area contributed by atoms with Gasteiger partial charge in [0.15, 0.2) is 0 Å². The van der Waals surface area contributed by atoms with Crippen molar-refractivity contribution in [1.29, 1.82) is 0 Å². The van der Waals surface area contributed by atoms with E-state index < -0.39 is 23.9 Å². The van der Waals surface area contributed by atoms with E-state index in [0.29, 0.717) is 29.3 Å². The molecule has 0 saturated heterocycles. The van der Waals surface area contributed by atoms with Crippen LogP contribution in [-0.4, -0.2) is 27.3 Å². The SMILES string of the molecule is O=C(Oc1ccc(Cl)cc1)N1CCc2c([nH]c3c2=CC(Br)CC=3)C1c1ccc(C(F)(F)F)cc1. The molecule has 1 aliphatic carbocycles. The molecule has 3 aromatic rings. The summed E-state index contributed by atoms with van der Waals surface area (Å²) in [6.45, 7) is 0.357. The number of fused-ring (bicyclic) bond motifs is 3. The van der Waals surface area contributed by atoms with Crippen molar-refractivity contribution >= 4 is 45.8 Å². The number of hydrogen-bond acceptors (Lipinski definition) is 2. The van der Waals surface area contributed by atoms with Crippen molar-refractivity contribution in [3.05, 3.63) is 86.5 Å². The van der Waals surface area contributed by atoms with Crippen LogP contribution in [0.4, 0.5) is 18.0 Å². The second-order valence-electron chi connectivity index (χ2n) is 8.25. The van der Waals surface area contributed by atoms with Gasteiger partial charge < -0.3 is 9.72 Å². The van der Waals surface area contributed by atoms with E-state index >= 15 is 0 Å². The highest BCUT2D eigenvalue weighted by Gasteiger charge is 2.37. The summed E-state index contributed by atoms with van der Waals surface area (Å²) in [7, 11) is 0. The van der Waals surface area contributed by atoms with Gasteiger partial charge in [0.1, 0.15) is 11.8 Å². The molecule has 2 aromatic carbocycles. The second-order valence-corrected chi connectivity index (χ2v) is 9.87. The van der Waals surface area contributed by atoms with Gasteiger partial charge in [-0.05, 0) is 65.6 Å². The number of amides is 1. The maximum absolute atomic E-state index is 13.2. The Balaban J connectivity index is 1.57. The van der Waals surface area contributed by atoms with Crippen molar-refractivity contribution in [2.24, 2.45) is 0 Å². The number of carbonyl (C=O) groups is 1. The molecule has 176 valence electrons. The van der Waals surface area contributed by atoms with Crippen LogP contribution in [0.5, 0.6) is 5.75 Å². The van der Waals surface area contributed by atoms with E-state index in [1.165, 1.54) is 12.1 Å². The highest BCUT2D eigenvalue weighted by atomic mass is 79.9. The number of aromatic nitrogens is 1. The van der Waals surface area contributed by atoms with Crippen molar-refractivity contribution in [2.45, 2.75) is 29.9 Å². The summed E-state index contributed by atoms with van der Waals surface area (Å²) >= 11 is 9.55. The Kier molecular flexibility index (Phi) is 5.98. The van der Waals surface area contributed by atoms with Gasteiger partial charge >= 0.3 is 12.3 Å². The van der Waals surface area contributed by atoms with Gasteiger partial charge in [0, 0.05) is 27.4 Å². The van der Waals surface area contributed by atoms with Gasteiger partial charge in [-0.1, -0.05) is 51.8 Å². The number of carbonyl (C=O) groups excluding carboxylic acids is 1. The molecule has 0 fully saturated rings. The van der Waals surface area contributed by atoms with Gasteiger partial charge in [0.2, 0.25) is 0 Å². The Bertz CT molecular complexity index is 1350. The van der Waals surface area contributed by atoms with Crippen molar-refractivity contribution in [3.63, 3.8) is 0 Å². The molecule has 1 amide bonds. The fourth-order valence-corrected chi connectivity index (χ4v) is 5.08. The number of rotatable bonds is 2. The van der Waals surface area contributed by atoms with E-state index in [0.717, 1.165) is 40.4 Å². The first-order chi connectivity index (χ1) is 16.2. The van der Waals surface area contributed by atoms with E-state index in [1.807, 2.05) is 0 Å². The quantitative estimate of drug-likeness (QED) is 0.424. The number of H-pyrrole nitrogens is 1. The molecule has 5 rings (SSSR count). The fraction of sp³-hybridized carbons (Fsp3) is 0.240. The van der Waals surface area contributed by atoms with E-state index in [-0.39, 0.29) is 4.83 Å². The summed E-state index contributed by atoms with van der Waals surface area (Å²) in [6, 6.07) is 10.7. The molecule has 1 aromatic heterocycles. The largest absolute Gasteiger partial charge is 0.416 e. The third-order valence-corrected chi connectivity index (χ3v) is 6.99. The number of nitrogens with zero attached hydrogens (tertiary/aromatic N) is 1. The monoisotopic (exact) mass is 550 g/mol. The Morgan fingerprint density at radius 1 is 1.12 bits per heavy atom. The number of benzene rings is 2. The third-order valence-electron chi connectivity index (χ3n) is 6.10. The minimum atomic E-state index is -4.44. The summed E-state index contributed by atoms with van der Waals surface area (Å²) < 4.78 is 45.0. The Morgan fingerprint density at radius 3 is 2.50 bits per heavy atom. The minimum Gasteiger partial charge on any atom is -0.410 e. The lowest BCUT2D eigenvalue weighted by molar-refractivity contribution is -0.137. The van der Waals surface area contributed by atoms with Crippen LogP contribution in [-0.2, 0) is 12.6 Å². The zero-order valence-corrected chi connectivity index (χ0v) is 20.0. The predicted molar refractivity (Wildman–Crippen MR) is 127 cm³/mol. The average molecular weight is 552 g/mol. The molecule has 2 atom stereocenters. The second kappa shape index (κ2) is 8.82. The summed E-state index contributed by atoms with van der Waals surface area (Å²) in [5.74, 6) is 0.334. The van der Waals surface area contributed by atoms with E-state index in [1.54, 1.807) is 29.2 Å². The van der Waals surface area contributed by atoms with Crippen molar-refractivity contribution in [2.75, 3.05) is 6.54 Å². The van der Waals surface area contributed by atoms with Crippen molar-refractivity contribution in [3.8, 4) is 5.75 Å². The number of alkyl halides is 4. The maximum Gasteiger partial charge on any atom is 0.416 e. The summed E-state index contributed by atoms with van der Waals surface area (Å²) in [4.78, 5) is 18.4. The van der Waals surface area contributed by atoms with Gasteiger partial charge in [-0.2, -0.15) is 13.2 Å². The molecule has 1 N–H and O–H groups in total. The highest BCUT2D eigenvalue weighted by Crippen LogP contribution is 2.36. The number of hydrogen-bond donors (Lipinski definition) is 1. The molecule has 2 aliphatic rings. The molecular formula is C25H19BrClF3N2O2. The van der Waals surface area contributed by atoms with Crippen LogP contribution in [0.1, 0.15) is 34.8 Å². The molecule has 0 saturated carbocycles. The summed E-state index contributed by atoms with van der Waals surface area (Å²) in [6.07, 6.45) is 0.613. The van der Waals surface area contributed by atoms with Gasteiger partial charge in [0.25, 0.3) is 0 Å². The Morgan fingerprint density at radius 2 is 1.82 bits per heavy atom. The molecule has 9 heteroatoms. The number of aromatic amines is 1. The van der Waals surface area contributed by atoms with E-state index in [2.05, 4.69) is 33.1 Å².